The first-order valence-corrected chi connectivity index (χ1v) is 8.96. The second-order valence-corrected chi connectivity index (χ2v) is 7.06. The summed E-state index contributed by atoms with van der Waals surface area (Å²) in [6, 6.07) is 9.90. The van der Waals surface area contributed by atoms with Crippen molar-refractivity contribution in [3.05, 3.63) is 63.9 Å². The Bertz CT molecular complexity index is 1050. The Labute approximate surface area is 156 Å². The Balaban J connectivity index is 1.82. The third-order valence-electron chi connectivity index (χ3n) is 5.19. The van der Waals surface area contributed by atoms with Crippen LogP contribution in [0.3, 0.4) is 0 Å². The second kappa shape index (κ2) is 6.66. The molecule has 3 aromatic rings. The summed E-state index contributed by atoms with van der Waals surface area (Å²) in [5, 5.41) is 0.258. The number of aromatic nitrogens is 2. The zero-order valence-corrected chi connectivity index (χ0v) is 15.7. The largest absolute Gasteiger partial charge is 0.442 e. The Morgan fingerprint density at radius 1 is 1.19 bits per heavy atom. The minimum absolute atomic E-state index is 0.0812. The van der Waals surface area contributed by atoms with E-state index in [0.29, 0.717) is 17.9 Å². The normalized spacial score (nSPS) is 18.2. The number of hydrogen-bond donors (Lipinski definition) is 0. The fourth-order valence-corrected chi connectivity index (χ4v) is 3.71. The summed E-state index contributed by atoms with van der Waals surface area (Å²) in [5.41, 5.74) is 1.34. The highest BCUT2D eigenvalue weighted by Crippen LogP contribution is 2.30. The van der Waals surface area contributed by atoms with Crippen molar-refractivity contribution in [1.82, 2.24) is 19.4 Å². The van der Waals surface area contributed by atoms with Gasteiger partial charge in [-0.25, -0.2) is 4.98 Å². The Morgan fingerprint density at radius 2 is 1.93 bits per heavy atom. The average molecular weight is 366 g/mol. The van der Waals surface area contributed by atoms with E-state index in [4.69, 9.17) is 4.42 Å². The van der Waals surface area contributed by atoms with Crippen molar-refractivity contribution in [3.8, 4) is 0 Å². The van der Waals surface area contributed by atoms with Gasteiger partial charge < -0.3 is 18.8 Å². The van der Waals surface area contributed by atoms with Crippen LogP contribution in [0.15, 0.2) is 45.9 Å². The standard InChI is InChI=1S/C20H22N4O3/c1-13-16(17-18(27-13)21-12-23(3)19(17)25)20(26)24-10-9-22(2)11-15(24)14-7-5-4-6-8-14/h4-8,12,15H,9-11H2,1-3H3. The first kappa shape index (κ1) is 17.5. The van der Waals surface area contributed by atoms with Gasteiger partial charge in [-0.3, -0.25) is 9.59 Å². The smallest absolute Gasteiger partial charge is 0.265 e. The highest BCUT2D eigenvalue weighted by atomic mass is 16.3. The third-order valence-corrected chi connectivity index (χ3v) is 5.19. The van der Waals surface area contributed by atoms with Crippen LogP contribution in [0.2, 0.25) is 0 Å². The number of rotatable bonds is 2. The fourth-order valence-electron chi connectivity index (χ4n) is 3.71. The summed E-state index contributed by atoms with van der Waals surface area (Å²) in [7, 11) is 3.67. The van der Waals surface area contributed by atoms with Crippen LogP contribution in [0, 0.1) is 6.92 Å². The average Bonchev–Trinajstić information content (AvgIpc) is 3.01. The van der Waals surface area contributed by atoms with Crippen LogP contribution in [0.1, 0.15) is 27.7 Å². The SMILES string of the molecule is Cc1oc2ncn(C)c(=O)c2c1C(=O)N1CCN(C)CC1c1ccccc1. The lowest BCUT2D eigenvalue weighted by Gasteiger charge is -2.40. The third kappa shape index (κ3) is 2.94. The summed E-state index contributed by atoms with van der Waals surface area (Å²) in [6.07, 6.45) is 1.41. The van der Waals surface area contributed by atoms with Gasteiger partial charge in [0.25, 0.3) is 11.5 Å². The molecule has 0 spiro atoms. The molecule has 27 heavy (non-hydrogen) atoms. The number of nitrogens with zero attached hydrogens (tertiary/aromatic N) is 4. The zero-order valence-electron chi connectivity index (χ0n) is 15.7. The minimum Gasteiger partial charge on any atom is -0.442 e. The molecule has 1 amide bonds. The predicted molar refractivity (Wildman–Crippen MR) is 102 cm³/mol. The molecule has 0 bridgehead atoms. The number of amides is 1. The van der Waals surface area contributed by atoms with Gasteiger partial charge in [0, 0.05) is 26.7 Å². The quantitative estimate of drug-likeness (QED) is 0.693. The van der Waals surface area contributed by atoms with Gasteiger partial charge in [0.15, 0.2) is 0 Å². The van der Waals surface area contributed by atoms with Crippen molar-refractivity contribution in [2.75, 3.05) is 26.7 Å². The van der Waals surface area contributed by atoms with E-state index >= 15 is 0 Å². The van der Waals surface area contributed by atoms with Gasteiger partial charge in [0.2, 0.25) is 5.71 Å². The molecule has 1 atom stereocenters. The monoisotopic (exact) mass is 366 g/mol. The number of piperazine rings is 1. The molecule has 4 rings (SSSR count). The van der Waals surface area contributed by atoms with Crippen molar-refractivity contribution in [2.24, 2.45) is 7.05 Å². The van der Waals surface area contributed by atoms with Crippen LogP contribution in [0.4, 0.5) is 0 Å². The van der Waals surface area contributed by atoms with E-state index in [2.05, 4.69) is 16.9 Å². The van der Waals surface area contributed by atoms with Crippen molar-refractivity contribution < 1.29 is 9.21 Å². The second-order valence-electron chi connectivity index (χ2n) is 7.06. The first-order chi connectivity index (χ1) is 13.0. The zero-order chi connectivity index (χ0) is 19.1. The fraction of sp³-hybridized carbons (Fsp3) is 0.350. The van der Waals surface area contributed by atoms with Crippen LogP contribution in [-0.2, 0) is 7.05 Å². The number of furan rings is 1. The molecule has 1 aliphatic heterocycles. The van der Waals surface area contributed by atoms with E-state index in [1.165, 1.54) is 10.9 Å². The molecule has 1 fully saturated rings. The maximum atomic E-state index is 13.5. The molecular formula is C20H22N4O3. The molecule has 0 aliphatic carbocycles. The van der Waals surface area contributed by atoms with Crippen LogP contribution in [0.25, 0.3) is 11.1 Å². The van der Waals surface area contributed by atoms with Crippen LogP contribution in [0.5, 0.6) is 0 Å². The van der Waals surface area contributed by atoms with E-state index in [0.717, 1.165) is 18.7 Å². The van der Waals surface area contributed by atoms with Crippen molar-refractivity contribution in [3.63, 3.8) is 0 Å². The Morgan fingerprint density at radius 3 is 2.67 bits per heavy atom. The lowest BCUT2D eigenvalue weighted by Crippen LogP contribution is -2.49. The summed E-state index contributed by atoms with van der Waals surface area (Å²) in [5.74, 6) is 0.245. The number of hydrogen-bond acceptors (Lipinski definition) is 5. The van der Waals surface area contributed by atoms with E-state index in [9.17, 15) is 9.59 Å². The molecule has 3 heterocycles. The molecular weight excluding hydrogens is 344 g/mol. The first-order valence-electron chi connectivity index (χ1n) is 8.96. The number of likely N-dealkylation sites (N-methyl/N-ethyl adjacent to an activating group) is 1. The van der Waals surface area contributed by atoms with Gasteiger partial charge >= 0.3 is 0 Å². The number of carbonyl (C=O) groups excluding carboxylic acids is 1. The molecule has 2 aromatic heterocycles. The highest BCUT2D eigenvalue weighted by molar-refractivity contribution is 6.06. The van der Waals surface area contributed by atoms with E-state index in [1.54, 1.807) is 14.0 Å². The molecule has 0 radical (unpaired) electrons. The minimum atomic E-state index is -0.273. The number of carbonyl (C=O) groups is 1. The van der Waals surface area contributed by atoms with E-state index in [-0.39, 0.29) is 28.6 Å². The molecule has 7 heteroatoms. The van der Waals surface area contributed by atoms with Gasteiger partial charge in [0.1, 0.15) is 17.5 Å². The van der Waals surface area contributed by atoms with Gasteiger partial charge in [-0.05, 0) is 19.5 Å². The summed E-state index contributed by atoms with van der Waals surface area (Å²) in [4.78, 5) is 34.4. The van der Waals surface area contributed by atoms with Gasteiger partial charge in [-0.15, -0.1) is 0 Å². The number of fused-ring (bicyclic) bond motifs is 1. The predicted octanol–water partition coefficient (Wildman–Crippen LogP) is 1.96. The Kier molecular flexibility index (Phi) is 4.31. The molecule has 7 nitrogen and oxygen atoms in total. The topological polar surface area (TPSA) is 71.6 Å². The maximum Gasteiger partial charge on any atom is 0.265 e. The molecule has 140 valence electrons. The number of benzene rings is 1. The molecule has 1 saturated heterocycles. The molecule has 1 aliphatic rings. The Hall–Kier alpha value is -2.93. The van der Waals surface area contributed by atoms with Crippen LogP contribution in [-0.4, -0.2) is 51.9 Å². The van der Waals surface area contributed by atoms with Gasteiger partial charge in [-0.1, -0.05) is 30.3 Å². The van der Waals surface area contributed by atoms with E-state index in [1.807, 2.05) is 35.2 Å². The van der Waals surface area contributed by atoms with Crippen LogP contribution < -0.4 is 5.56 Å². The molecule has 0 N–H and O–H groups in total. The number of aryl methyl sites for hydroxylation is 2. The molecule has 1 unspecified atom stereocenters. The lowest BCUT2D eigenvalue weighted by atomic mass is 10.0. The van der Waals surface area contributed by atoms with Crippen LogP contribution >= 0.6 is 0 Å². The maximum absolute atomic E-state index is 13.5. The van der Waals surface area contributed by atoms with E-state index < -0.39 is 0 Å². The summed E-state index contributed by atoms with van der Waals surface area (Å²) >= 11 is 0. The molecule has 1 aromatic carbocycles. The summed E-state index contributed by atoms with van der Waals surface area (Å²) in [6.45, 7) is 3.81. The van der Waals surface area contributed by atoms with Crippen molar-refractivity contribution >= 4 is 17.0 Å². The van der Waals surface area contributed by atoms with Crippen molar-refractivity contribution in [1.29, 1.82) is 0 Å². The van der Waals surface area contributed by atoms with Gasteiger partial charge in [0.05, 0.1) is 11.6 Å². The lowest BCUT2D eigenvalue weighted by molar-refractivity contribution is 0.0498. The van der Waals surface area contributed by atoms with Gasteiger partial charge in [-0.2, -0.15) is 0 Å². The molecule has 0 saturated carbocycles. The summed E-state index contributed by atoms with van der Waals surface area (Å²) < 4.78 is 6.99. The van der Waals surface area contributed by atoms with Crippen molar-refractivity contribution in [2.45, 2.75) is 13.0 Å². The highest BCUT2D eigenvalue weighted by Gasteiger charge is 2.34.